The van der Waals surface area contributed by atoms with Gasteiger partial charge in [-0.2, -0.15) is 0 Å². The van der Waals surface area contributed by atoms with E-state index in [0.29, 0.717) is 0 Å². The van der Waals surface area contributed by atoms with Gasteiger partial charge in [0.25, 0.3) is 0 Å². The second kappa shape index (κ2) is 5.48. The zero-order chi connectivity index (χ0) is 11.4. The lowest BCUT2D eigenvalue weighted by molar-refractivity contribution is 0.0630. The van der Waals surface area contributed by atoms with Gasteiger partial charge in [-0.3, -0.25) is 0 Å². The minimum Gasteiger partial charge on any atom is -0.383 e. The molecule has 2 aliphatic rings. The number of hydrogen-bond donors (Lipinski definition) is 2. The lowest BCUT2D eigenvalue weighted by Crippen LogP contribution is -2.53. The second-order valence-electron chi connectivity index (χ2n) is 5.76. The van der Waals surface area contributed by atoms with Crippen LogP contribution in [0.25, 0.3) is 0 Å². The molecule has 2 aliphatic heterocycles. The highest BCUT2D eigenvalue weighted by molar-refractivity contribution is 4.92. The van der Waals surface area contributed by atoms with Gasteiger partial charge in [-0.1, -0.05) is 0 Å². The monoisotopic (exact) mass is 226 g/mol. The first-order valence-electron chi connectivity index (χ1n) is 6.68. The van der Waals surface area contributed by atoms with E-state index < -0.39 is 0 Å². The fourth-order valence-electron chi connectivity index (χ4n) is 3.46. The van der Waals surface area contributed by atoms with Gasteiger partial charge in [0.15, 0.2) is 0 Å². The summed E-state index contributed by atoms with van der Waals surface area (Å²) in [4.78, 5) is 0. The molecular formula is C13H26N2O. The number of ether oxygens (including phenoxy) is 1. The lowest BCUT2D eigenvalue weighted by Gasteiger charge is -2.43. The Labute approximate surface area is 99.3 Å². The third-order valence-corrected chi connectivity index (χ3v) is 4.29. The van der Waals surface area contributed by atoms with Crippen LogP contribution in [0.3, 0.4) is 0 Å². The normalized spacial score (nSPS) is 37.5. The molecule has 2 unspecified atom stereocenters. The molecule has 2 saturated heterocycles. The predicted octanol–water partition coefficient (Wildman–Crippen LogP) is 1.39. The minimum atomic E-state index is 0.211. The summed E-state index contributed by atoms with van der Waals surface area (Å²) in [6.07, 6.45) is 5.37. The Morgan fingerprint density at radius 1 is 1.12 bits per heavy atom. The molecule has 2 N–H and O–H groups in total. The van der Waals surface area contributed by atoms with E-state index in [0.717, 1.165) is 25.0 Å². The zero-order valence-electron chi connectivity index (χ0n) is 10.7. The highest BCUT2D eigenvalue weighted by Crippen LogP contribution is 2.34. The number of rotatable bonds is 3. The molecule has 0 aromatic rings. The van der Waals surface area contributed by atoms with Crippen LogP contribution in [0.1, 0.15) is 32.6 Å². The Kier molecular flexibility index (Phi) is 4.22. The van der Waals surface area contributed by atoms with Crippen molar-refractivity contribution >= 4 is 0 Å². The van der Waals surface area contributed by atoms with E-state index in [2.05, 4.69) is 17.6 Å². The molecular weight excluding hydrogens is 200 g/mol. The molecule has 0 spiro atoms. The van der Waals surface area contributed by atoms with Crippen molar-refractivity contribution in [1.29, 1.82) is 0 Å². The fourth-order valence-corrected chi connectivity index (χ4v) is 3.46. The van der Waals surface area contributed by atoms with Crippen LogP contribution in [0.4, 0.5) is 0 Å². The first-order valence-corrected chi connectivity index (χ1v) is 6.68. The van der Waals surface area contributed by atoms with Gasteiger partial charge in [-0.25, -0.2) is 0 Å². The molecule has 2 atom stereocenters. The van der Waals surface area contributed by atoms with E-state index >= 15 is 0 Å². The summed E-state index contributed by atoms with van der Waals surface area (Å²) in [5.74, 6) is 1.85. The smallest absolute Gasteiger partial charge is 0.0641 e. The molecule has 0 radical (unpaired) electrons. The summed E-state index contributed by atoms with van der Waals surface area (Å²) in [6, 6.07) is 0. The standard InChI is InChI=1S/C13H26N2O/c1-13(10-16-2)9-12(5-8-15-13)11-3-6-14-7-4-11/h11-12,14-15H,3-10H2,1-2H3. The minimum absolute atomic E-state index is 0.211. The van der Waals surface area contributed by atoms with Crippen LogP contribution in [-0.2, 0) is 4.74 Å². The average Bonchev–Trinajstić information content (AvgIpc) is 2.30. The van der Waals surface area contributed by atoms with Crippen LogP contribution in [0.2, 0.25) is 0 Å². The van der Waals surface area contributed by atoms with Gasteiger partial charge < -0.3 is 15.4 Å². The molecule has 0 saturated carbocycles. The van der Waals surface area contributed by atoms with Gasteiger partial charge in [0, 0.05) is 12.6 Å². The summed E-state index contributed by atoms with van der Waals surface area (Å²) >= 11 is 0. The molecule has 2 heterocycles. The summed E-state index contributed by atoms with van der Waals surface area (Å²) < 4.78 is 5.35. The van der Waals surface area contributed by atoms with Crippen LogP contribution in [0.5, 0.6) is 0 Å². The Morgan fingerprint density at radius 2 is 1.81 bits per heavy atom. The van der Waals surface area contributed by atoms with Crippen molar-refractivity contribution in [2.45, 2.75) is 38.1 Å². The number of methoxy groups -OCH3 is 1. The highest BCUT2D eigenvalue weighted by Gasteiger charge is 2.35. The maximum atomic E-state index is 5.35. The van der Waals surface area contributed by atoms with Gasteiger partial charge in [0.1, 0.15) is 0 Å². The third kappa shape index (κ3) is 2.96. The van der Waals surface area contributed by atoms with Crippen LogP contribution in [0, 0.1) is 11.8 Å². The van der Waals surface area contributed by atoms with Gasteiger partial charge in [0.2, 0.25) is 0 Å². The van der Waals surface area contributed by atoms with E-state index in [-0.39, 0.29) is 5.54 Å². The molecule has 0 bridgehead atoms. The van der Waals surface area contributed by atoms with Crippen molar-refractivity contribution in [3.63, 3.8) is 0 Å². The first-order chi connectivity index (χ1) is 7.73. The molecule has 0 amide bonds. The maximum Gasteiger partial charge on any atom is 0.0641 e. The fraction of sp³-hybridized carbons (Fsp3) is 1.00. The van der Waals surface area contributed by atoms with Crippen molar-refractivity contribution in [2.75, 3.05) is 33.4 Å². The van der Waals surface area contributed by atoms with Gasteiger partial charge in [-0.05, 0) is 64.1 Å². The van der Waals surface area contributed by atoms with Gasteiger partial charge in [-0.15, -0.1) is 0 Å². The molecule has 3 nitrogen and oxygen atoms in total. The van der Waals surface area contributed by atoms with E-state index in [1.165, 1.54) is 38.8 Å². The summed E-state index contributed by atoms with van der Waals surface area (Å²) in [5, 5.41) is 7.08. The molecule has 0 aromatic carbocycles. The number of hydrogen-bond acceptors (Lipinski definition) is 3. The second-order valence-corrected chi connectivity index (χ2v) is 5.76. The van der Waals surface area contributed by atoms with Crippen molar-refractivity contribution < 1.29 is 4.74 Å². The summed E-state index contributed by atoms with van der Waals surface area (Å²) in [6.45, 7) is 6.75. The maximum absolute atomic E-state index is 5.35. The average molecular weight is 226 g/mol. The van der Waals surface area contributed by atoms with E-state index in [1.54, 1.807) is 7.11 Å². The Morgan fingerprint density at radius 3 is 2.50 bits per heavy atom. The van der Waals surface area contributed by atoms with Crippen molar-refractivity contribution in [2.24, 2.45) is 11.8 Å². The molecule has 0 aromatic heterocycles. The van der Waals surface area contributed by atoms with Crippen LogP contribution >= 0.6 is 0 Å². The topological polar surface area (TPSA) is 33.3 Å². The number of piperidine rings is 2. The molecule has 2 rings (SSSR count). The van der Waals surface area contributed by atoms with Crippen molar-refractivity contribution in [3.05, 3.63) is 0 Å². The van der Waals surface area contributed by atoms with Crippen LogP contribution in [-0.4, -0.2) is 38.9 Å². The third-order valence-electron chi connectivity index (χ3n) is 4.29. The van der Waals surface area contributed by atoms with E-state index in [4.69, 9.17) is 4.74 Å². The largest absolute Gasteiger partial charge is 0.383 e. The predicted molar refractivity (Wildman–Crippen MR) is 66.6 cm³/mol. The van der Waals surface area contributed by atoms with E-state index in [9.17, 15) is 0 Å². The molecule has 94 valence electrons. The SMILES string of the molecule is COCC1(C)CC(C2CCNCC2)CCN1. The molecule has 16 heavy (non-hydrogen) atoms. The zero-order valence-corrected chi connectivity index (χ0v) is 10.7. The Bertz CT molecular complexity index is 212. The quantitative estimate of drug-likeness (QED) is 0.763. The summed E-state index contributed by atoms with van der Waals surface area (Å²) in [5.41, 5.74) is 0.211. The highest BCUT2D eigenvalue weighted by atomic mass is 16.5. The molecule has 3 heteroatoms. The first kappa shape index (κ1) is 12.3. The summed E-state index contributed by atoms with van der Waals surface area (Å²) in [7, 11) is 1.81. The van der Waals surface area contributed by atoms with Crippen LogP contribution in [0.15, 0.2) is 0 Å². The number of nitrogens with one attached hydrogen (secondary N) is 2. The Balaban J connectivity index is 1.90. The van der Waals surface area contributed by atoms with Gasteiger partial charge in [0.05, 0.1) is 6.61 Å². The van der Waals surface area contributed by atoms with Crippen molar-refractivity contribution in [3.8, 4) is 0 Å². The Hall–Kier alpha value is -0.120. The van der Waals surface area contributed by atoms with E-state index in [1.807, 2.05) is 0 Å². The molecule has 0 aliphatic carbocycles. The van der Waals surface area contributed by atoms with Crippen LogP contribution < -0.4 is 10.6 Å². The van der Waals surface area contributed by atoms with Crippen molar-refractivity contribution in [1.82, 2.24) is 10.6 Å². The lowest BCUT2D eigenvalue weighted by atomic mass is 9.73. The molecule has 2 fully saturated rings. The van der Waals surface area contributed by atoms with Gasteiger partial charge >= 0.3 is 0 Å².